The van der Waals surface area contributed by atoms with Crippen molar-refractivity contribution in [2.45, 2.75) is 12.5 Å². The van der Waals surface area contributed by atoms with Crippen molar-refractivity contribution in [3.05, 3.63) is 23.8 Å². The van der Waals surface area contributed by atoms with Crippen molar-refractivity contribution < 1.29 is 9.53 Å². The van der Waals surface area contributed by atoms with Gasteiger partial charge in [0.25, 0.3) is 5.91 Å². The molecule has 2 unspecified atom stereocenters. The van der Waals surface area contributed by atoms with Crippen LogP contribution in [-0.4, -0.2) is 37.6 Å². The Morgan fingerprint density at radius 2 is 2.37 bits per heavy atom. The molecule has 2 aliphatic rings. The number of ether oxygens (including phenoxy) is 1. The van der Waals surface area contributed by atoms with Crippen LogP contribution in [-0.2, 0) is 4.79 Å². The van der Waals surface area contributed by atoms with Gasteiger partial charge in [-0.1, -0.05) is 12.1 Å². The molecule has 5 heteroatoms. The van der Waals surface area contributed by atoms with E-state index in [0.29, 0.717) is 18.5 Å². The van der Waals surface area contributed by atoms with Gasteiger partial charge in [0, 0.05) is 18.2 Å². The van der Waals surface area contributed by atoms with Crippen LogP contribution in [0.2, 0.25) is 0 Å². The first-order valence-electron chi connectivity index (χ1n) is 6.65. The Bertz CT molecular complexity index is 503. The summed E-state index contributed by atoms with van der Waals surface area (Å²) in [6.45, 7) is 1.82. The minimum atomic E-state index is -0.0933. The first-order valence-corrected chi connectivity index (χ1v) is 6.65. The second-order valence-corrected chi connectivity index (χ2v) is 5.35. The predicted octanol–water partition coefficient (Wildman–Crippen LogP) is 0.969. The van der Waals surface area contributed by atoms with Gasteiger partial charge in [-0.25, -0.2) is 0 Å². The number of para-hydroxylation sites is 1. The van der Waals surface area contributed by atoms with Gasteiger partial charge in [-0.3, -0.25) is 9.69 Å². The van der Waals surface area contributed by atoms with E-state index in [9.17, 15) is 4.79 Å². The van der Waals surface area contributed by atoms with Crippen LogP contribution in [0.15, 0.2) is 18.2 Å². The van der Waals surface area contributed by atoms with Gasteiger partial charge in [-0.2, -0.15) is 0 Å². The lowest BCUT2D eigenvalue weighted by Gasteiger charge is -2.26. The molecular weight excluding hydrogens is 242 g/mol. The molecule has 1 saturated heterocycles. The molecule has 1 fully saturated rings. The Labute approximate surface area is 112 Å². The van der Waals surface area contributed by atoms with Gasteiger partial charge in [-0.05, 0) is 32.0 Å². The fourth-order valence-corrected chi connectivity index (χ4v) is 3.04. The second-order valence-electron chi connectivity index (χ2n) is 5.35. The minimum absolute atomic E-state index is 0.0933. The summed E-state index contributed by atoms with van der Waals surface area (Å²) < 4.78 is 5.63. The summed E-state index contributed by atoms with van der Waals surface area (Å²) >= 11 is 0. The summed E-state index contributed by atoms with van der Waals surface area (Å²) in [4.78, 5) is 13.7. The number of hydrogen-bond acceptors (Lipinski definition) is 4. The van der Waals surface area contributed by atoms with E-state index in [1.54, 1.807) is 0 Å². The molecule has 0 spiro atoms. The Balaban J connectivity index is 1.93. The molecule has 19 heavy (non-hydrogen) atoms. The number of fused-ring (bicyclic) bond motifs is 1. The average molecular weight is 261 g/mol. The molecule has 102 valence electrons. The Morgan fingerprint density at radius 1 is 1.53 bits per heavy atom. The number of carbonyl (C=O) groups excluding carboxylic acids is 1. The lowest BCUT2D eigenvalue weighted by molar-refractivity contribution is -0.118. The van der Waals surface area contributed by atoms with Gasteiger partial charge in [0.2, 0.25) is 0 Å². The number of nitrogens with one attached hydrogen (secondary N) is 1. The van der Waals surface area contributed by atoms with Gasteiger partial charge in [0.05, 0.1) is 5.69 Å². The molecule has 3 rings (SSSR count). The molecule has 0 aromatic heterocycles. The Kier molecular flexibility index (Phi) is 3.16. The Hall–Kier alpha value is -1.59. The highest BCUT2D eigenvalue weighted by molar-refractivity contribution is 5.95. The number of rotatable bonds is 2. The maximum atomic E-state index is 11.4. The highest BCUT2D eigenvalue weighted by atomic mass is 16.5. The average Bonchev–Trinajstić information content (AvgIpc) is 2.79. The van der Waals surface area contributed by atoms with Crippen molar-refractivity contribution in [3.8, 4) is 5.75 Å². The van der Waals surface area contributed by atoms with E-state index in [4.69, 9.17) is 10.5 Å². The number of anilines is 1. The molecular formula is C14H19N3O2. The third-order valence-corrected chi connectivity index (χ3v) is 3.99. The van der Waals surface area contributed by atoms with Gasteiger partial charge in [0.1, 0.15) is 5.75 Å². The van der Waals surface area contributed by atoms with E-state index in [1.165, 1.54) is 0 Å². The standard InChI is InChI=1S/C14H19N3O2/c1-17-7-9(6-15)5-12(17)10-3-2-4-11-14(10)19-8-13(18)16-11/h2-4,9,12H,5-8,15H2,1H3,(H,16,18). The van der Waals surface area contributed by atoms with E-state index >= 15 is 0 Å². The molecule has 1 aromatic rings. The fourth-order valence-electron chi connectivity index (χ4n) is 3.04. The fraction of sp³-hybridized carbons (Fsp3) is 0.500. The molecule has 0 aliphatic carbocycles. The summed E-state index contributed by atoms with van der Waals surface area (Å²) in [6.07, 6.45) is 1.04. The van der Waals surface area contributed by atoms with Crippen LogP contribution in [0.4, 0.5) is 5.69 Å². The molecule has 2 aliphatic heterocycles. The first kappa shape index (κ1) is 12.4. The number of likely N-dealkylation sites (tertiary alicyclic amines) is 1. The van der Waals surface area contributed by atoms with E-state index in [-0.39, 0.29) is 12.5 Å². The first-order chi connectivity index (χ1) is 9.19. The zero-order valence-corrected chi connectivity index (χ0v) is 11.1. The normalized spacial score (nSPS) is 26.7. The third-order valence-electron chi connectivity index (χ3n) is 3.99. The van der Waals surface area contributed by atoms with Crippen LogP contribution in [0.3, 0.4) is 0 Å². The van der Waals surface area contributed by atoms with Crippen LogP contribution in [0, 0.1) is 5.92 Å². The molecule has 1 aromatic carbocycles. The molecule has 0 radical (unpaired) electrons. The number of nitrogens with zero attached hydrogens (tertiary/aromatic N) is 1. The van der Waals surface area contributed by atoms with Gasteiger partial charge in [0.15, 0.2) is 6.61 Å². The van der Waals surface area contributed by atoms with E-state index in [0.717, 1.165) is 30.0 Å². The van der Waals surface area contributed by atoms with Gasteiger partial charge >= 0.3 is 0 Å². The van der Waals surface area contributed by atoms with Crippen molar-refractivity contribution >= 4 is 11.6 Å². The molecule has 3 N–H and O–H groups in total. The van der Waals surface area contributed by atoms with Crippen LogP contribution in [0.1, 0.15) is 18.0 Å². The number of benzene rings is 1. The summed E-state index contributed by atoms with van der Waals surface area (Å²) in [7, 11) is 2.11. The van der Waals surface area contributed by atoms with Crippen molar-refractivity contribution in [2.75, 3.05) is 32.1 Å². The van der Waals surface area contributed by atoms with Crippen molar-refractivity contribution in [1.29, 1.82) is 0 Å². The van der Waals surface area contributed by atoms with Gasteiger partial charge in [-0.15, -0.1) is 0 Å². The number of hydrogen-bond donors (Lipinski definition) is 2. The zero-order valence-electron chi connectivity index (χ0n) is 11.1. The summed E-state index contributed by atoms with van der Waals surface area (Å²) in [6, 6.07) is 6.24. The number of carbonyl (C=O) groups is 1. The van der Waals surface area contributed by atoms with Crippen LogP contribution in [0.25, 0.3) is 0 Å². The molecule has 1 amide bonds. The number of amides is 1. The quantitative estimate of drug-likeness (QED) is 0.832. The maximum absolute atomic E-state index is 11.4. The van der Waals surface area contributed by atoms with Crippen LogP contribution < -0.4 is 15.8 Å². The maximum Gasteiger partial charge on any atom is 0.262 e. The smallest absolute Gasteiger partial charge is 0.262 e. The lowest BCUT2D eigenvalue weighted by atomic mass is 9.98. The van der Waals surface area contributed by atoms with Gasteiger partial charge < -0.3 is 15.8 Å². The minimum Gasteiger partial charge on any atom is -0.481 e. The Morgan fingerprint density at radius 3 is 3.11 bits per heavy atom. The summed E-state index contributed by atoms with van der Waals surface area (Å²) in [5.41, 5.74) is 7.70. The van der Waals surface area contributed by atoms with Crippen LogP contribution in [0.5, 0.6) is 5.75 Å². The SMILES string of the molecule is CN1CC(CN)CC1c1cccc2c1OCC(=O)N2. The molecule has 2 heterocycles. The third kappa shape index (κ3) is 2.19. The van der Waals surface area contributed by atoms with E-state index in [1.807, 2.05) is 12.1 Å². The molecule has 5 nitrogen and oxygen atoms in total. The van der Waals surface area contributed by atoms with E-state index in [2.05, 4.69) is 23.3 Å². The predicted molar refractivity (Wildman–Crippen MR) is 73.1 cm³/mol. The second kappa shape index (κ2) is 4.83. The summed E-state index contributed by atoms with van der Waals surface area (Å²) in [5.74, 6) is 1.25. The largest absolute Gasteiger partial charge is 0.481 e. The van der Waals surface area contributed by atoms with Crippen LogP contribution >= 0.6 is 0 Å². The van der Waals surface area contributed by atoms with Crippen molar-refractivity contribution in [2.24, 2.45) is 11.7 Å². The number of nitrogens with two attached hydrogens (primary N) is 1. The summed E-state index contributed by atoms with van der Waals surface area (Å²) in [5, 5.41) is 2.86. The highest BCUT2D eigenvalue weighted by Gasteiger charge is 2.33. The zero-order chi connectivity index (χ0) is 13.4. The van der Waals surface area contributed by atoms with Crippen molar-refractivity contribution in [1.82, 2.24) is 4.90 Å². The lowest BCUT2D eigenvalue weighted by Crippen LogP contribution is -2.27. The van der Waals surface area contributed by atoms with Crippen molar-refractivity contribution in [3.63, 3.8) is 0 Å². The van der Waals surface area contributed by atoms with E-state index < -0.39 is 0 Å². The molecule has 0 bridgehead atoms. The topological polar surface area (TPSA) is 67.6 Å². The monoisotopic (exact) mass is 261 g/mol. The highest BCUT2D eigenvalue weighted by Crippen LogP contribution is 2.42. The molecule has 2 atom stereocenters. The molecule has 0 saturated carbocycles.